The monoisotopic (exact) mass is 406 g/mol. The summed E-state index contributed by atoms with van der Waals surface area (Å²) >= 11 is 0. The first kappa shape index (κ1) is 20.4. The molecule has 2 aromatic heterocycles. The minimum absolute atomic E-state index is 0.156. The maximum atomic E-state index is 13.1. The molecule has 1 amide bonds. The number of carbonyl (C=O) groups excluding carboxylic acids is 1. The molecule has 1 fully saturated rings. The van der Waals surface area contributed by atoms with Crippen LogP contribution in [0.25, 0.3) is 5.65 Å². The highest BCUT2D eigenvalue weighted by Gasteiger charge is 2.29. The van der Waals surface area contributed by atoms with Crippen LogP contribution in [-0.2, 0) is 6.42 Å². The van der Waals surface area contributed by atoms with E-state index in [0.717, 1.165) is 18.4 Å². The largest absolute Gasteiger partial charge is 0.349 e. The van der Waals surface area contributed by atoms with Gasteiger partial charge in [0.15, 0.2) is 5.65 Å². The Bertz CT molecular complexity index is 1130. The fourth-order valence-corrected chi connectivity index (χ4v) is 4.47. The predicted molar refractivity (Wildman–Crippen MR) is 118 cm³/mol. The lowest BCUT2D eigenvalue weighted by Crippen LogP contribution is -2.43. The number of fused-ring (bicyclic) bond motifs is 1. The van der Waals surface area contributed by atoms with Crippen molar-refractivity contribution in [3.63, 3.8) is 0 Å². The molecule has 0 radical (unpaired) electrons. The Morgan fingerprint density at radius 2 is 1.93 bits per heavy atom. The number of rotatable bonds is 4. The summed E-state index contributed by atoms with van der Waals surface area (Å²) in [6.45, 7) is 8.32. The molecule has 4 rings (SSSR count). The smallest absolute Gasteiger partial charge is 0.276 e. The maximum absolute atomic E-state index is 13.1. The SMILES string of the molecule is Cc1ccc(Cc2c(C)nc3c(C(=O)N[C@@H]4CCC[C@@H](C)[C@@H]4C)c[nH]n3c2=O)cc1. The van der Waals surface area contributed by atoms with Crippen LogP contribution in [0.5, 0.6) is 0 Å². The average Bonchev–Trinajstić information content (AvgIpc) is 3.14. The summed E-state index contributed by atoms with van der Waals surface area (Å²) in [5, 5.41) is 6.12. The van der Waals surface area contributed by atoms with Crippen molar-refractivity contribution in [1.29, 1.82) is 0 Å². The summed E-state index contributed by atoms with van der Waals surface area (Å²) in [7, 11) is 0. The zero-order valence-electron chi connectivity index (χ0n) is 18.2. The number of H-pyrrole nitrogens is 1. The first-order valence-corrected chi connectivity index (χ1v) is 10.8. The zero-order valence-corrected chi connectivity index (χ0v) is 18.2. The summed E-state index contributed by atoms with van der Waals surface area (Å²) in [5.41, 5.74) is 4.20. The Morgan fingerprint density at radius 1 is 1.20 bits per heavy atom. The number of hydrogen-bond donors (Lipinski definition) is 2. The van der Waals surface area contributed by atoms with Crippen LogP contribution in [0.1, 0.15) is 65.9 Å². The van der Waals surface area contributed by atoms with Crippen molar-refractivity contribution in [3.8, 4) is 0 Å². The molecule has 3 atom stereocenters. The molecule has 2 heterocycles. The highest BCUT2D eigenvalue weighted by Crippen LogP contribution is 2.29. The molecule has 30 heavy (non-hydrogen) atoms. The van der Waals surface area contributed by atoms with Gasteiger partial charge in [-0.25, -0.2) is 9.50 Å². The van der Waals surface area contributed by atoms with Gasteiger partial charge >= 0.3 is 0 Å². The third kappa shape index (κ3) is 3.78. The molecule has 0 saturated heterocycles. The van der Waals surface area contributed by atoms with Gasteiger partial charge in [0.2, 0.25) is 0 Å². The quantitative estimate of drug-likeness (QED) is 0.692. The Balaban J connectivity index is 1.63. The minimum atomic E-state index is -0.169. The highest BCUT2D eigenvalue weighted by atomic mass is 16.2. The topological polar surface area (TPSA) is 79.3 Å². The number of aromatic nitrogens is 3. The third-order valence-corrected chi connectivity index (χ3v) is 6.73. The van der Waals surface area contributed by atoms with Gasteiger partial charge in [0.25, 0.3) is 11.5 Å². The second kappa shape index (κ2) is 8.09. The molecule has 0 bridgehead atoms. The summed E-state index contributed by atoms with van der Waals surface area (Å²) in [5.74, 6) is 0.864. The summed E-state index contributed by atoms with van der Waals surface area (Å²) < 4.78 is 1.39. The fraction of sp³-hybridized carbons (Fsp3) is 0.458. The van der Waals surface area contributed by atoms with Crippen LogP contribution in [0.4, 0.5) is 0 Å². The second-order valence-corrected chi connectivity index (χ2v) is 8.84. The van der Waals surface area contributed by atoms with Crippen LogP contribution in [-0.4, -0.2) is 26.5 Å². The van der Waals surface area contributed by atoms with E-state index in [4.69, 9.17) is 0 Å². The van der Waals surface area contributed by atoms with E-state index in [9.17, 15) is 9.59 Å². The van der Waals surface area contributed by atoms with E-state index in [0.29, 0.717) is 40.7 Å². The normalized spacial score (nSPS) is 21.7. The lowest BCUT2D eigenvalue weighted by molar-refractivity contribution is 0.0892. The van der Waals surface area contributed by atoms with E-state index in [1.165, 1.54) is 16.5 Å². The molecule has 0 aliphatic heterocycles. The summed E-state index contributed by atoms with van der Waals surface area (Å²) in [4.78, 5) is 30.7. The molecule has 1 aliphatic rings. The van der Waals surface area contributed by atoms with Crippen LogP contribution in [0.3, 0.4) is 0 Å². The maximum Gasteiger partial charge on any atom is 0.276 e. The first-order valence-electron chi connectivity index (χ1n) is 10.8. The van der Waals surface area contributed by atoms with Crippen molar-refractivity contribution in [2.24, 2.45) is 11.8 Å². The number of amides is 1. The zero-order chi connectivity index (χ0) is 21.4. The van der Waals surface area contributed by atoms with E-state index < -0.39 is 0 Å². The molecule has 1 saturated carbocycles. The van der Waals surface area contributed by atoms with Crippen LogP contribution in [0.2, 0.25) is 0 Å². The summed E-state index contributed by atoms with van der Waals surface area (Å²) in [6, 6.07) is 8.30. The van der Waals surface area contributed by atoms with Crippen molar-refractivity contribution in [3.05, 3.63) is 68.8 Å². The molecule has 1 aliphatic carbocycles. The molecule has 6 heteroatoms. The van der Waals surface area contributed by atoms with Crippen LogP contribution in [0.15, 0.2) is 35.3 Å². The number of nitrogens with one attached hydrogen (secondary N) is 2. The third-order valence-electron chi connectivity index (χ3n) is 6.73. The van der Waals surface area contributed by atoms with Crippen molar-refractivity contribution in [2.75, 3.05) is 0 Å². The summed E-state index contributed by atoms with van der Waals surface area (Å²) in [6.07, 6.45) is 5.43. The average molecular weight is 407 g/mol. The molecule has 158 valence electrons. The number of aromatic amines is 1. The second-order valence-electron chi connectivity index (χ2n) is 8.84. The van der Waals surface area contributed by atoms with Gasteiger partial charge in [-0.05, 0) is 37.7 Å². The minimum Gasteiger partial charge on any atom is -0.349 e. The molecule has 0 spiro atoms. The number of carbonyl (C=O) groups is 1. The van der Waals surface area contributed by atoms with E-state index in [2.05, 4.69) is 29.2 Å². The predicted octanol–water partition coefficient (Wildman–Crippen LogP) is 3.78. The van der Waals surface area contributed by atoms with Crippen LogP contribution >= 0.6 is 0 Å². The molecule has 2 N–H and O–H groups in total. The van der Waals surface area contributed by atoms with Gasteiger partial charge in [-0.1, -0.05) is 56.5 Å². The van der Waals surface area contributed by atoms with Crippen molar-refractivity contribution in [1.82, 2.24) is 19.9 Å². The molecule has 0 unspecified atom stereocenters. The lowest BCUT2D eigenvalue weighted by atomic mass is 9.78. The molecular formula is C24H30N4O2. The number of benzene rings is 1. The Hall–Kier alpha value is -2.89. The van der Waals surface area contributed by atoms with Gasteiger partial charge in [0.1, 0.15) is 5.56 Å². The van der Waals surface area contributed by atoms with Crippen molar-refractivity contribution < 1.29 is 4.79 Å². The van der Waals surface area contributed by atoms with E-state index >= 15 is 0 Å². The van der Waals surface area contributed by atoms with E-state index in [1.54, 1.807) is 6.20 Å². The Morgan fingerprint density at radius 3 is 2.67 bits per heavy atom. The van der Waals surface area contributed by atoms with Crippen molar-refractivity contribution >= 4 is 11.6 Å². The first-order chi connectivity index (χ1) is 14.3. The Labute approximate surface area is 176 Å². The van der Waals surface area contributed by atoms with Crippen LogP contribution in [0, 0.1) is 25.7 Å². The molecular weight excluding hydrogens is 376 g/mol. The van der Waals surface area contributed by atoms with Crippen LogP contribution < -0.4 is 10.9 Å². The molecule has 1 aromatic carbocycles. The fourth-order valence-electron chi connectivity index (χ4n) is 4.47. The van der Waals surface area contributed by atoms with E-state index in [1.807, 2.05) is 38.1 Å². The van der Waals surface area contributed by atoms with Gasteiger partial charge in [-0.15, -0.1) is 0 Å². The van der Waals surface area contributed by atoms with Crippen molar-refractivity contribution in [2.45, 2.75) is 59.4 Å². The van der Waals surface area contributed by atoms with Gasteiger partial charge in [-0.2, -0.15) is 0 Å². The number of aryl methyl sites for hydroxylation is 2. The molecule has 6 nitrogen and oxygen atoms in total. The highest BCUT2D eigenvalue weighted by molar-refractivity contribution is 5.99. The molecule has 3 aromatic rings. The number of nitrogens with zero attached hydrogens (tertiary/aromatic N) is 2. The van der Waals surface area contributed by atoms with Gasteiger partial charge in [0.05, 0.1) is 0 Å². The standard InChI is InChI=1S/C24H30N4O2/c1-14-8-10-18(11-9-14)12-19-17(4)26-22-20(13-25-28(22)24(19)30)23(29)27-21-7-5-6-15(2)16(21)3/h8-11,13,15-16,21,25H,5-7,12H2,1-4H3,(H,27,29)/t15-,16+,21-/m1/s1. The van der Waals surface area contributed by atoms with Gasteiger partial charge < -0.3 is 5.32 Å². The van der Waals surface area contributed by atoms with E-state index in [-0.39, 0.29) is 17.5 Å². The lowest BCUT2D eigenvalue weighted by Gasteiger charge is -2.34. The number of hydrogen-bond acceptors (Lipinski definition) is 3. The Kier molecular flexibility index (Phi) is 5.50. The van der Waals surface area contributed by atoms with Gasteiger partial charge in [0, 0.05) is 29.9 Å². The van der Waals surface area contributed by atoms with Gasteiger partial charge in [-0.3, -0.25) is 14.7 Å².